The summed E-state index contributed by atoms with van der Waals surface area (Å²) in [6.07, 6.45) is 5.20. The summed E-state index contributed by atoms with van der Waals surface area (Å²) in [5.41, 5.74) is 1.30. The lowest BCUT2D eigenvalue weighted by Crippen LogP contribution is -2.11. The summed E-state index contributed by atoms with van der Waals surface area (Å²) < 4.78 is 7.86. The molecule has 1 aromatic rings. The second-order valence-corrected chi connectivity index (χ2v) is 5.69. The number of hydrogen-bond donors (Lipinski definition) is 0. The number of aromatic nitrogens is 2. The highest BCUT2D eigenvalue weighted by molar-refractivity contribution is 5.12. The Hall–Kier alpha value is -0.830. The summed E-state index contributed by atoms with van der Waals surface area (Å²) in [6.45, 7) is 10.4. The van der Waals surface area contributed by atoms with Crippen molar-refractivity contribution >= 4 is 0 Å². The zero-order chi connectivity index (χ0) is 11.8. The summed E-state index contributed by atoms with van der Waals surface area (Å²) in [5.74, 6) is 1.09. The van der Waals surface area contributed by atoms with Crippen LogP contribution >= 0.6 is 0 Å². The zero-order valence-corrected chi connectivity index (χ0v) is 10.8. The maximum atomic E-state index is 5.66. The van der Waals surface area contributed by atoms with E-state index in [2.05, 4.69) is 43.4 Å². The maximum absolute atomic E-state index is 5.66. The second-order valence-electron chi connectivity index (χ2n) is 5.69. The molecule has 90 valence electrons. The van der Waals surface area contributed by atoms with Crippen molar-refractivity contribution in [2.45, 2.75) is 58.6 Å². The quantitative estimate of drug-likeness (QED) is 0.783. The molecule has 16 heavy (non-hydrogen) atoms. The van der Waals surface area contributed by atoms with Crippen LogP contribution in [0.3, 0.4) is 0 Å². The Bertz CT molecular complexity index is 358. The summed E-state index contributed by atoms with van der Waals surface area (Å²) in [5, 5.41) is 0. The van der Waals surface area contributed by atoms with Crippen LogP contribution in [-0.2, 0) is 16.7 Å². The van der Waals surface area contributed by atoms with E-state index in [-0.39, 0.29) is 5.41 Å². The molecule has 0 bridgehead atoms. The van der Waals surface area contributed by atoms with E-state index in [1.165, 1.54) is 12.8 Å². The van der Waals surface area contributed by atoms with Crippen molar-refractivity contribution in [1.29, 1.82) is 0 Å². The van der Waals surface area contributed by atoms with Crippen LogP contribution in [0.15, 0.2) is 6.20 Å². The van der Waals surface area contributed by atoms with Crippen LogP contribution in [0.4, 0.5) is 0 Å². The van der Waals surface area contributed by atoms with E-state index in [9.17, 15) is 0 Å². The van der Waals surface area contributed by atoms with Gasteiger partial charge in [0.1, 0.15) is 5.82 Å². The zero-order valence-electron chi connectivity index (χ0n) is 10.8. The topological polar surface area (TPSA) is 27.1 Å². The molecule has 0 atom stereocenters. The van der Waals surface area contributed by atoms with Gasteiger partial charge in [0, 0.05) is 18.2 Å². The predicted molar refractivity (Wildman–Crippen MR) is 64.6 cm³/mol. The average molecular weight is 222 g/mol. The van der Waals surface area contributed by atoms with Crippen LogP contribution in [0.25, 0.3) is 0 Å². The van der Waals surface area contributed by atoms with Crippen molar-refractivity contribution in [2.75, 3.05) is 6.61 Å². The van der Waals surface area contributed by atoms with Gasteiger partial charge in [-0.25, -0.2) is 4.98 Å². The van der Waals surface area contributed by atoms with Gasteiger partial charge in [0.05, 0.1) is 18.4 Å². The lowest BCUT2D eigenvalue weighted by atomic mass is 9.93. The third-order valence-electron chi connectivity index (χ3n) is 2.95. The van der Waals surface area contributed by atoms with Gasteiger partial charge in [-0.15, -0.1) is 0 Å². The van der Waals surface area contributed by atoms with E-state index in [1.807, 2.05) is 0 Å². The van der Waals surface area contributed by atoms with Crippen LogP contribution in [0.1, 0.15) is 45.1 Å². The smallest absolute Gasteiger partial charge is 0.105 e. The first kappa shape index (κ1) is 11.6. The molecule has 0 N–H and O–H groups in total. The third-order valence-corrected chi connectivity index (χ3v) is 2.95. The molecule has 0 aromatic carbocycles. The molecule has 0 saturated heterocycles. The first-order valence-corrected chi connectivity index (χ1v) is 6.12. The lowest BCUT2D eigenvalue weighted by molar-refractivity contribution is 0.111. The fourth-order valence-corrected chi connectivity index (χ4v) is 1.65. The van der Waals surface area contributed by atoms with Crippen LogP contribution in [-0.4, -0.2) is 22.3 Å². The Labute approximate surface area is 97.8 Å². The molecule has 0 aliphatic heterocycles. The van der Waals surface area contributed by atoms with Gasteiger partial charge in [-0.3, -0.25) is 0 Å². The molecule has 0 amide bonds. The molecule has 1 aliphatic carbocycles. The van der Waals surface area contributed by atoms with E-state index in [0.717, 1.165) is 24.7 Å². The molecule has 3 nitrogen and oxygen atoms in total. The number of imidazole rings is 1. The van der Waals surface area contributed by atoms with Crippen molar-refractivity contribution < 1.29 is 4.74 Å². The molecule has 1 aromatic heterocycles. The van der Waals surface area contributed by atoms with Crippen molar-refractivity contribution in [3.63, 3.8) is 0 Å². The van der Waals surface area contributed by atoms with Gasteiger partial charge >= 0.3 is 0 Å². The molecule has 2 rings (SSSR count). The standard InChI is InChI=1S/C13H22N2O/c1-10-14-12(13(2,3)4)9-15(10)7-8-16-11-5-6-11/h9,11H,5-8H2,1-4H3. The Balaban J connectivity index is 1.94. The second kappa shape index (κ2) is 4.21. The molecular formula is C13H22N2O. The Morgan fingerprint density at radius 3 is 2.62 bits per heavy atom. The summed E-state index contributed by atoms with van der Waals surface area (Å²) in [6, 6.07) is 0. The summed E-state index contributed by atoms with van der Waals surface area (Å²) in [7, 11) is 0. The monoisotopic (exact) mass is 222 g/mol. The third kappa shape index (κ3) is 2.85. The highest BCUT2D eigenvalue weighted by Crippen LogP contribution is 2.24. The summed E-state index contributed by atoms with van der Waals surface area (Å²) in [4.78, 5) is 4.60. The predicted octanol–water partition coefficient (Wildman–Crippen LogP) is 2.67. The molecule has 1 heterocycles. The molecule has 0 spiro atoms. The van der Waals surface area contributed by atoms with Crippen molar-refractivity contribution in [3.8, 4) is 0 Å². The van der Waals surface area contributed by atoms with E-state index in [0.29, 0.717) is 6.10 Å². The fraction of sp³-hybridized carbons (Fsp3) is 0.769. The molecule has 3 heteroatoms. The number of ether oxygens (including phenoxy) is 1. The minimum Gasteiger partial charge on any atom is -0.376 e. The Morgan fingerprint density at radius 2 is 2.12 bits per heavy atom. The molecule has 0 radical (unpaired) electrons. The fourth-order valence-electron chi connectivity index (χ4n) is 1.65. The highest BCUT2D eigenvalue weighted by Gasteiger charge is 2.22. The first-order valence-electron chi connectivity index (χ1n) is 6.12. The minimum atomic E-state index is 0.132. The number of aryl methyl sites for hydroxylation is 1. The first-order chi connectivity index (χ1) is 7.47. The molecule has 0 unspecified atom stereocenters. The highest BCUT2D eigenvalue weighted by atomic mass is 16.5. The van der Waals surface area contributed by atoms with Gasteiger partial charge in [0.15, 0.2) is 0 Å². The van der Waals surface area contributed by atoms with Gasteiger partial charge < -0.3 is 9.30 Å². The number of hydrogen-bond acceptors (Lipinski definition) is 2. The number of nitrogens with zero attached hydrogens (tertiary/aromatic N) is 2. The van der Waals surface area contributed by atoms with Crippen molar-refractivity contribution in [1.82, 2.24) is 9.55 Å². The molecule has 1 aliphatic rings. The normalized spacial score (nSPS) is 16.8. The van der Waals surface area contributed by atoms with E-state index >= 15 is 0 Å². The molecule has 1 fully saturated rings. The Morgan fingerprint density at radius 1 is 1.44 bits per heavy atom. The molecular weight excluding hydrogens is 200 g/mol. The largest absolute Gasteiger partial charge is 0.376 e. The van der Waals surface area contributed by atoms with E-state index < -0.39 is 0 Å². The van der Waals surface area contributed by atoms with Crippen LogP contribution in [0.5, 0.6) is 0 Å². The van der Waals surface area contributed by atoms with Gasteiger partial charge in [-0.05, 0) is 19.8 Å². The van der Waals surface area contributed by atoms with Crippen LogP contribution < -0.4 is 0 Å². The van der Waals surface area contributed by atoms with Gasteiger partial charge in [-0.2, -0.15) is 0 Å². The average Bonchev–Trinajstić information content (AvgIpc) is 2.90. The molecule has 1 saturated carbocycles. The minimum absolute atomic E-state index is 0.132. The van der Waals surface area contributed by atoms with E-state index in [4.69, 9.17) is 4.74 Å². The van der Waals surface area contributed by atoms with E-state index in [1.54, 1.807) is 0 Å². The van der Waals surface area contributed by atoms with Gasteiger partial charge in [0.2, 0.25) is 0 Å². The Kier molecular flexibility index (Phi) is 3.06. The SMILES string of the molecule is Cc1nc(C(C)(C)C)cn1CCOC1CC1. The summed E-state index contributed by atoms with van der Waals surface area (Å²) >= 11 is 0. The van der Waals surface area contributed by atoms with Crippen LogP contribution in [0, 0.1) is 6.92 Å². The lowest BCUT2D eigenvalue weighted by Gasteiger charge is -2.14. The van der Waals surface area contributed by atoms with Crippen molar-refractivity contribution in [2.24, 2.45) is 0 Å². The maximum Gasteiger partial charge on any atom is 0.105 e. The van der Waals surface area contributed by atoms with Gasteiger partial charge in [0.25, 0.3) is 0 Å². The van der Waals surface area contributed by atoms with Crippen molar-refractivity contribution in [3.05, 3.63) is 17.7 Å². The van der Waals surface area contributed by atoms with Crippen LogP contribution in [0.2, 0.25) is 0 Å². The number of rotatable bonds is 4. The van der Waals surface area contributed by atoms with Gasteiger partial charge in [-0.1, -0.05) is 20.8 Å².